The van der Waals surface area contributed by atoms with Gasteiger partial charge in [0.05, 0.1) is 5.25 Å². The molecule has 0 saturated carbocycles. The number of nitrogens with zero attached hydrogens (tertiary/aromatic N) is 2. The van der Waals surface area contributed by atoms with E-state index < -0.39 is 22.4 Å². The molecule has 1 aromatic heterocycles. The van der Waals surface area contributed by atoms with E-state index in [4.69, 9.17) is 4.74 Å². The summed E-state index contributed by atoms with van der Waals surface area (Å²) in [5.74, 6) is 0.389. The molecule has 0 aliphatic rings. The van der Waals surface area contributed by atoms with E-state index in [2.05, 4.69) is 9.97 Å². The van der Waals surface area contributed by atoms with Gasteiger partial charge in [0.2, 0.25) is 0 Å². The van der Waals surface area contributed by atoms with Crippen molar-refractivity contribution in [2.45, 2.75) is 25.2 Å². The maximum Gasteiger partial charge on any atom is 0.158 e. The molecule has 5 nitrogen and oxygen atoms in total. The first-order valence-corrected chi connectivity index (χ1v) is 5.59. The molecular formula is C9H13N2O3S-. The molecule has 0 aliphatic carbocycles. The predicted octanol–water partition coefficient (Wildman–Crippen LogP) is 0.740. The number of hydrogen-bond acceptors (Lipinski definition) is 5. The summed E-state index contributed by atoms with van der Waals surface area (Å²) < 4.78 is 26.7. The van der Waals surface area contributed by atoms with Crippen LogP contribution in [0, 0.1) is 6.92 Å². The summed E-state index contributed by atoms with van der Waals surface area (Å²) >= 11 is -2.20. The van der Waals surface area contributed by atoms with E-state index in [1.165, 1.54) is 7.11 Å². The van der Waals surface area contributed by atoms with Gasteiger partial charge in [0.1, 0.15) is 6.10 Å². The molecule has 0 radical (unpaired) electrons. The van der Waals surface area contributed by atoms with E-state index in [0.29, 0.717) is 5.82 Å². The fraction of sp³-hybridized carbons (Fsp3) is 0.556. The van der Waals surface area contributed by atoms with Crippen molar-refractivity contribution in [2.75, 3.05) is 7.11 Å². The third-order valence-corrected chi connectivity index (χ3v) is 2.89. The van der Waals surface area contributed by atoms with Gasteiger partial charge in [0.15, 0.2) is 5.82 Å². The number of ether oxygens (including phenoxy) is 1. The Bertz CT molecular complexity index is 342. The van der Waals surface area contributed by atoms with Crippen LogP contribution < -0.4 is 0 Å². The molecule has 3 atom stereocenters. The highest BCUT2D eigenvalue weighted by Crippen LogP contribution is 2.19. The molecule has 6 heteroatoms. The molecule has 0 N–H and O–H groups in total. The average molecular weight is 229 g/mol. The van der Waals surface area contributed by atoms with Crippen molar-refractivity contribution >= 4 is 11.1 Å². The molecule has 0 saturated heterocycles. The minimum Gasteiger partial charge on any atom is -0.772 e. The SMILES string of the molecule is COC(c1ncc(C)cn1)C(C)S(=O)[O-]. The lowest BCUT2D eigenvalue weighted by Crippen LogP contribution is -2.23. The molecule has 0 amide bonds. The molecule has 0 aromatic carbocycles. The normalized spacial score (nSPS) is 17.1. The number of aryl methyl sites for hydroxylation is 1. The molecule has 1 aromatic rings. The summed E-state index contributed by atoms with van der Waals surface area (Å²) in [6.45, 7) is 3.42. The first-order valence-electron chi connectivity index (χ1n) is 4.45. The van der Waals surface area contributed by atoms with E-state index in [0.717, 1.165) is 5.56 Å². The fourth-order valence-electron chi connectivity index (χ4n) is 1.16. The van der Waals surface area contributed by atoms with Crippen LogP contribution in [0.4, 0.5) is 0 Å². The van der Waals surface area contributed by atoms with Crippen molar-refractivity contribution in [3.8, 4) is 0 Å². The van der Waals surface area contributed by atoms with E-state index in [9.17, 15) is 8.76 Å². The highest BCUT2D eigenvalue weighted by molar-refractivity contribution is 7.79. The molecule has 15 heavy (non-hydrogen) atoms. The Morgan fingerprint density at radius 2 is 2.00 bits per heavy atom. The van der Waals surface area contributed by atoms with E-state index >= 15 is 0 Å². The Labute approximate surface area is 91.2 Å². The quantitative estimate of drug-likeness (QED) is 0.712. The first kappa shape index (κ1) is 12.2. The first-order chi connectivity index (χ1) is 7.06. The van der Waals surface area contributed by atoms with Crippen LogP contribution in [0.1, 0.15) is 24.4 Å². The summed E-state index contributed by atoms with van der Waals surface area (Å²) in [5.41, 5.74) is 0.921. The molecule has 3 unspecified atom stereocenters. The highest BCUT2D eigenvalue weighted by atomic mass is 32.2. The van der Waals surface area contributed by atoms with Gasteiger partial charge in [-0.1, -0.05) is 0 Å². The van der Waals surface area contributed by atoms with Crippen molar-refractivity contribution in [1.82, 2.24) is 9.97 Å². The zero-order chi connectivity index (χ0) is 11.4. The smallest absolute Gasteiger partial charge is 0.158 e. The second kappa shape index (κ2) is 5.29. The second-order valence-electron chi connectivity index (χ2n) is 3.24. The Morgan fingerprint density at radius 3 is 2.40 bits per heavy atom. The molecule has 84 valence electrons. The van der Waals surface area contributed by atoms with Gasteiger partial charge in [-0.05, 0) is 30.5 Å². The van der Waals surface area contributed by atoms with Crippen LogP contribution in [-0.2, 0) is 15.8 Å². The standard InChI is InChI=1S/C9H14N2O3S/c1-6-4-10-9(11-5-6)8(14-3)7(2)15(12)13/h4-5,7-8H,1-3H3,(H,12,13)/p-1. The summed E-state index contributed by atoms with van der Waals surface area (Å²) in [6, 6.07) is 0. The van der Waals surface area contributed by atoms with Gasteiger partial charge >= 0.3 is 0 Å². The minimum atomic E-state index is -2.20. The topological polar surface area (TPSA) is 75.1 Å². The van der Waals surface area contributed by atoms with E-state index in [1.54, 1.807) is 19.3 Å². The van der Waals surface area contributed by atoms with Crippen molar-refractivity contribution in [3.05, 3.63) is 23.8 Å². The molecule has 0 spiro atoms. The average Bonchev–Trinajstić information content (AvgIpc) is 2.21. The van der Waals surface area contributed by atoms with E-state index in [1.807, 2.05) is 6.92 Å². The van der Waals surface area contributed by atoms with Crippen LogP contribution in [0.15, 0.2) is 12.4 Å². The predicted molar refractivity (Wildman–Crippen MR) is 54.9 cm³/mol. The maximum absolute atomic E-state index is 10.8. The van der Waals surface area contributed by atoms with Crippen LogP contribution in [0.2, 0.25) is 0 Å². The van der Waals surface area contributed by atoms with Gasteiger partial charge in [0.25, 0.3) is 0 Å². The summed E-state index contributed by atoms with van der Waals surface area (Å²) in [6.07, 6.45) is 2.65. The molecule has 0 fully saturated rings. The van der Waals surface area contributed by atoms with Crippen molar-refractivity contribution < 1.29 is 13.5 Å². The largest absolute Gasteiger partial charge is 0.772 e. The van der Waals surface area contributed by atoms with Gasteiger partial charge in [-0.3, -0.25) is 4.21 Å². The maximum atomic E-state index is 10.8. The van der Waals surface area contributed by atoms with Gasteiger partial charge in [-0.25, -0.2) is 9.97 Å². The minimum absolute atomic E-state index is 0.389. The van der Waals surface area contributed by atoms with Crippen LogP contribution in [0.25, 0.3) is 0 Å². The van der Waals surface area contributed by atoms with Crippen molar-refractivity contribution in [3.63, 3.8) is 0 Å². The molecule has 0 bridgehead atoms. The van der Waals surface area contributed by atoms with Crippen LogP contribution in [-0.4, -0.2) is 31.1 Å². The molecule has 1 heterocycles. The Balaban J connectivity index is 2.92. The van der Waals surface area contributed by atoms with E-state index in [-0.39, 0.29) is 0 Å². The lowest BCUT2D eigenvalue weighted by molar-refractivity contribution is 0.0943. The molecular weight excluding hydrogens is 216 g/mol. The number of methoxy groups -OCH3 is 1. The third-order valence-electron chi connectivity index (χ3n) is 2.04. The monoisotopic (exact) mass is 229 g/mol. The van der Waals surface area contributed by atoms with Crippen molar-refractivity contribution in [1.29, 1.82) is 0 Å². The Hall–Kier alpha value is -0.850. The summed E-state index contributed by atoms with van der Waals surface area (Å²) in [5, 5.41) is -0.669. The van der Waals surface area contributed by atoms with Crippen molar-refractivity contribution in [2.24, 2.45) is 0 Å². The molecule has 0 aliphatic heterocycles. The van der Waals surface area contributed by atoms with Gasteiger partial charge < -0.3 is 9.29 Å². The van der Waals surface area contributed by atoms with Gasteiger partial charge in [0, 0.05) is 19.5 Å². The van der Waals surface area contributed by atoms with Gasteiger partial charge in [-0.15, -0.1) is 0 Å². The van der Waals surface area contributed by atoms with Crippen LogP contribution in [0.5, 0.6) is 0 Å². The number of aromatic nitrogens is 2. The lowest BCUT2D eigenvalue weighted by Gasteiger charge is -2.23. The fourth-order valence-corrected chi connectivity index (χ4v) is 1.59. The Morgan fingerprint density at radius 1 is 1.47 bits per heavy atom. The number of hydrogen-bond donors (Lipinski definition) is 0. The number of rotatable bonds is 4. The zero-order valence-corrected chi connectivity index (χ0v) is 9.65. The third kappa shape index (κ3) is 3.05. The lowest BCUT2D eigenvalue weighted by atomic mass is 10.2. The van der Waals surface area contributed by atoms with Crippen LogP contribution >= 0.6 is 0 Å². The highest BCUT2D eigenvalue weighted by Gasteiger charge is 2.22. The summed E-state index contributed by atoms with van der Waals surface area (Å²) in [7, 11) is 1.44. The van der Waals surface area contributed by atoms with Gasteiger partial charge in [-0.2, -0.15) is 0 Å². The van der Waals surface area contributed by atoms with Crippen LogP contribution in [0.3, 0.4) is 0 Å². The molecule has 1 rings (SSSR count). The Kier molecular flexibility index (Phi) is 4.31. The zero-order valence-electron chi connectivity index (χ0n) is 8.84. The summed E-state index contributed by atoms with van der Waals surface area (Å²) in [4.78, 5) is 8.09. The second-order valence-corrected chi connectivity index (χ2v) is 4.51.